The number of amides is 1. The molecular formula is C22H21NO2. The number of benzene rings is 3. The molecule has 3 aromatic rings. The molecule has 3 heteroatoms. The predicted octanol–water partition coefficient (Wildman–Crippen LogP) is 4.65. The Kier molecular flexibility index (Phi) is 4.38. The van der Waals surface area contributed by atoms with E-state index in [0.29, 0.717) is 6.61 Å². The lowest BCUT2D eigenvalue weighted by atomic mass is 10.1. The fraction of sp³-hybridized carbons (Fsp3) is 0.227. The lowest BCUT2D eigenvalue weighted by Crippen LogP contribution is -2.27. The summed E-state index contributed by atoms with van der Waals surface area (Å²) in [7, 11) is 0. The van der Waals surface area contributed by atoms with Gasteiger partial charge in [0.1, 0.15) is 12.4 Å². The Labute approximate surface area is 147 Å². The SMILES string of the molecule is O=C(c1ccc(COc2ccc3ccccc3c2)cc1)N1CCCC1. The normalized spacial score (nSPS) is 14.0. The molecule has 126 valence electrons. The topological polar surface area (TPSA) is 29.5 Å². The third-order valence-corrected chi connectivity index (χ3v) is 4.72. The van der Waals surface area contributed by atoms with Gasteiger partial charge in [-0.25, -0.2) is 0 Å². The van der Waals surface area contributed by atoms with Crippen LogP contribution in [0.1, 0.15) is 28.8 Å². The second-order valence-corrected chi connectivity index (χ2v) is 6.49. The van der Waals surface area contributed by atoms with Crippen molar-refractivity contribution in [1.82, 2.24) is 4.90 Å². The lowest BCUT2D eigenvalue weighted by Gasteiger charge is -2.15. The molecule has 3 aromatic carbocycles. The Bertz CT molecular complexity index is 880. The van der Waals surface area contributed by atoms with Gasteiger partial charge in [0.15, 0.2) is 0 Å². The summed E-state index contributed by atoms with van der Waals surface area (Å²) in [6.07, 6.45) is 2.23. The highest BCUT2D eigenvalue weighted by atomic mass is 16.5. The molecule has 1 fully saturated rings. The fourth-order valence-electron chi connectivity index (χ4n) is 3.27. The monoisotopic (exact) mass is 331 g/mol. The highest BCUT2D eigenvalue weighted by molar-refractivity contribution is 5.94. The zero-order valence-corrected chi connectivity index (χ0v) is 14.2. The Hall–Kier alpha value is -2.81. The summed E-state index contributed by atoms with van der Waals surface area (Å²) in [5.74, 6) is 0.996. The van der Waals surface area contributed by atoms with Gasteiger partial charge in [-0.2, -0.15) is 0 Å². The highest BCUT2D eigenvalue weighted by Crippen LogP contribution is 2.21. The maximum Gasteiger partial charge on any atom is 0.253 e. The minimum absolute atomic E-state index is 0.138. The van der Waals surface area contributed by atoms with Gasteiger partial charge in [-0.05, 0) is 53.4 Å². The summed E-state index contributed by atoms with van der Waals surface area (Å²) in [5.41, 5.74) is 1.82. The standard InChI is InChI=1S/C22H21NO2/c24-22(23-13-3-4-14-23)19-9-7-17(8-10-19)16-25-21-12-11-18-5-1-2-6-20(18)15-21/h1-2,5-12,15H,3-4,13-14,16H2. The fourth-order valence-corrected chi connectivity index (χ4v) is 3.27. The minimum atomic E-state index is 0.138. The first-order valence-corrected chi connectivity index (χ1v) is 8.79. The lowest BCUT2D eigenvalue weighted by molar-refractivity contribution is 0.0793. The van der Waals surface area contributed by atoms with Crippen molar-refractivity contribution in [3.8, 4) is 5.75 Å². The molecule has 4 rings (SSSR count). The maximum atomic E-state index is 12.4. The van der Waals surface area contributed by atoms with Crippen molar-refractivity contribution in [3.63, 3.8) is 0 Å². The highest BCUT2D eigenvalue weighted by Gasteiger charge is 2.19. The van der Waals surface area contributed by atoms with Crippen LogP contribution in [-0.2, 0) is 6.61 Å². The first-order chi connectivity index (χ1) is 12.3. The van der Waals surface area contributed by atoms with E-state index < -0.39 is 0 Å². The van der Waals surface area contributed by atoms with E-state index in [4.69, 9.17) is 4.74 Å². The molecule has 0 atom stereocenters. The summed E-state index contributed by atoms with van der Waals surface area (Å²) < 4.78 is 5.90. The Balaban J connectivity index is 1.41. The van der Waals surface area contributed by atoms with Crippen LogP contribution in [0.25, 0.3) is 10.8 Å². The molecule has 0 spiro atoms. The van der Waals surface area contributed by atoms with E-state index in [1.54, 1.807) is 0 Å². The van der Waals surface area contributed by atoms with E-state index in [9.17, 15) is 4.79 Å². The van der Waals surface area contributed by atoms with Crippen molar-refractivity contribution in [2.75, 3.05) is 13.1 Å². The molecule has 0 aromatic heterocycles. The smallest absolute Gasteiger partial charge is 0.253 e. The second-order valence-electron chi connectivity index (χ2n) is 6.49. The van der Waals surface area contributed by atoms with Gasteiger partial charge in [-0.3, -0.25) is 4.79 Å². The van der Waals surface area contributed by atoms with Crippen LogP contribution in [-0.4, -0.2) is 23.9 Å². The molecule has 0 saturated carbocycles. The molecule has 1 amide bonds. The first kappa shape index (κ1) is 15.7. The van der Waals surface area contributed by atoms with E-state index >= 15 is 0 Å². The number of hydrogen-bond acceptors (Lipinski definition) is 2. The number of carbonyl (C=O) groups excluding carboxylic acids is 1. The quantitative estimate of drug-likeness (QED) is 0.696. The van der Waals surface area contributed by atoms with Crippen molar-refractivity contribution in [3.05, 3.63) is 77.9 Å². The van der Waals surface area contributed by atoms with Gasteiger partial charge in [0.2, 0.25) is 0 Å². The average Bonchev–Trinajstić information content (AvgIpc) is 3.21. The molecule has 0 unspecified atom stereocenters. The maximum absolute atomic E-state index is 12.4. The minimum Gasteiger partial charge on any atom is -0.489 e. The molecule has 1 heterocycles. The van der Waals surface area contributed by atoms with Gasteiger partial charge >= 0.3 is 0 Å². The summed E-state index contributed by atoms with van der Waals surface area (Å²) in [6.45, 7) is 2.26. The van der Waals surface area contributed by atoms with Crippen molar-refractivity contribution in [1.29, 1.82) is 0 Å². The number of hydrogen-bond donors (Lipinski definition) is 0. The number of rotatable bonds is 4. The van der Waals surface area contributed by atoms with Crippen LogP contribution >= 0.6 is 0 Å². The predicted molar refractivity (Wildman–Crippen MR) is 99.9 cm³/mol. The van der Waals surface area contributed by atoms with Gasteiger partial charge in [-0.15, -0.1) is 0 Å². The average molecular weight is 331 g/mol. The van der Waals surface area contributed by atoms with E-state index in [0.717, 1.165) is 42.8 Å². The van der Waals surface area contributed by atoms with Crippen LogP contribution in [0.3, 0.4) is 0 Å². The van der Waals surface area contributed by atoms with E-state index in [1.165, 1.54) is 10.8 Å². The summed E-state index contributed by atoms with van der Waals surface area (Å²) in [6, 6.07) is 22.1. The van der Waals surface area contributed by atoms with E-state index in [1.807, 2.05) is 47.4 Å². The number of nitrogens with zero attached hydrogens (tertiary/aromatic N) is 1. The third-order valence-electron chi connectivity index (χ3n) is 4.72. The van der Waals surface area contributed by atoms with Crippen LogP contribution in [0.2, 0.25) is 0 Å². The molecule has 1 saturated heterocycles. The molecule has 3 nitrogen and oxygen atoms in total. The van der Waals surface area contributed by atoms with Crippen molar-refractivity contribution >= 4 is 16.7 Å². The van der Waals surface area contributed by atoms with Gasteiger partial charge in [0, 0.05) is 18.7 Å². The molecule has 0 aliphatic carbocycles. The zero-order chi connectivity index (χ0) is 17.1. The van der Waals surface area contributed by atoms with Crippen LogP contribution in [0.4, 0.5) is 0 Å². The molecule has 0 radical (unpaired) electrons. The number of ether oxygens (including phenoxy) is 1. The van der Waals surface area contributed by atoms with Crippen LogP contribution in [0.5, 0.6) is 5.75 Å². The summed E-state index contributed by atoms with van der Waals surface area (Å²) in [5, 5.41) is 2.38. The Morgan fingerprint density at radius 2 is 1.60 bits per heavy atom. The second kappa shape index (κ2) is 6.98. The summed E-state index contributed by atoms with van der Waals surface area (Å²) >= 11 is 0. The van der Waals surface area contributed by atoms with Crippen LogP contribution in [0, 0.1) is 0 Å². The molecule has 1 aliphatic heterocycles. The van der Waals surface area contributed by atoms with Gasteiger partial charge < -0.3 is 9.64 Å². The zero-order valence-electron chi connectivity index (χ0n) is 14.2. The van der Waals surface area contributed by atoms with Crippen LogP contribution < -0.4 is 4.74 Å². The number of fused-ring (bicyclic) bond motifs is 1. The molecule has 1 aliphatic rings. The van der Waals surface area contributed by atoms with E-state index in [2.05, 4.69) is 24.3 Å². The molecule has 0 bridgehead atoms. The summed E-state index contributed by atoms with van der Waals surface area (Å²) in [4.78, 5) is 14.3. The van der Waals surface area contributed by atoms with E-state index in [-0.39, 0.29) is 5.91 Å². The first-order valence-electron chi connectivity index (χ1n) is 8.79. The number of likely N-dealkylation sites (tertiary alicyclic amines) is 1. The Morgan fingerprint density at radius 1 is 0.880 bits per heavy atom. The van der Waals surface area contributed by atoms with Gasteiger partial charge in [-0.1, -0.05) is 42.5 Å². The van der Waals surface area contributed by atoms with Gasteiger partial charge in [0.05, 0.1) is 0 Å². The van der Waals surface area contributed by atoms with Crippen molar-refractivity contribution in [2.24, 2.45) is 0 Å². The van der Waals surface area contributed by atoms with Gasteiger partial charge in [0.25, 0.3) is 5.91 Å². The molecule has 25 heavy (non-hydrogen) atoms. The number of carbonyl (C=O) groups is 1. The largest absolute Gasteiger partial charge is 0.489 e. The van der Waals surface area contributed by atoms with Crippen molar-refractivity contribution in [2.45, 2.75) is 19.4 Å². The Morgan fingerprint density at radius 3 is 2.36 bits per heavy atom. The van der Waals surface area contributed by atoms with Crippen LogP contribution in [0.15, 0.2) is 66.7 Å². The third kappa shape index (κ3) is 3.50. The molecule has 0 N–H and O–H groups in total. The van der Waals surface area contributed by atoms with Crippen molar-refractivity contribution < 1.29 is 9.53 Å². The molecular weight excluding hydrogens is 310 g/mol.